The predicted molar refractivity (Wildman–Crippen MR) is 180 cm³/mol. The molecule has 0 saturated carbocycles. The third kappa shape index (κ3) is 7.24. The molecular formula is C37H36F3N5O4. The predicted octanol–water partition coefficient (Wildman–Crippen LogP) is 6.94. The lowest BCUT2D eigenvalue weighted by atomic mass is 10.0. The first-order valence-electron chi connectivity index (χ1n) is 15.7. The topological polar surface area (TPSA) is 80.1 Å². The van der Waals surface area contributed by atoms with Gasteiger partial charge in [0.1, 0.15) is 17.2 Å². The van der Waals surface area contributed by atoms with Gasteiger partial charge < -0.3 is 23.8 Å². The van der Waals surface area contributed by atoms with Gasteiger partial charge in [-0.3, -0.25) is 14.5 Å². The van der Waals surface area contributed by atoms with Gasteiger partial charge in [-0.15, -0.1) is 0 Å². The fraction of sp³-hybridized carbons (Fsp3) is 0.270. The zero-order chi connectivity index (χ0) is 34.9. The Hall–Kier alpha value is -5.36. The lowest BCUT2D eigenvalue weighted by Crippen LogP contribution is -2.48. The zero-order valence-corrected chi connectivity index (χ0v) is 27.6. The zero-order valence-electron chi connectivity index (χ0n) is 27.6. The number of methoxy groups -OCH3 is 1. The lowest BCUT2D eigenvalue weighted by Gasteiger charge is -2.34. The maximum Gasteiger partial charge on any atom is 0.416 e. The Morgan fingerprint density at radius 1 is 0.898 bits per heavy atom. The van der Waals surface area contributed by atoms with Crippen LogP contribution in [-0.4, -0.2) is 71.5 Å². The summed E-state index contributed by atoms with van der Waals surface area (Å²) in [5, 5.41) is 0.843. The van der Waals surface area contributed by atoms with Gasteiger partial charge in [-0.1, -0.05) is 12.1 Å². The standard InChI is InChI=1S/C37H36F3N5O4/c1-24-19-27(37(38,39)40)7-12-31(24)35(46)42(2)28-8-14-34(41-22-28)49-30-11-13-32-26(20-30)21-33(43(32)3)36(47)45-17-15-44(16-18-45)23-25-5-9-29(48-4)10-6-25/h5-14,19-22H,15-18,23H2,1-4H3. The molecule has 0 bridgehead atoms. The molecule has 1 fully saturated rings. The molecule has 0 N–H and O–H groups in total. The average Bonchev–Trinajstić information content (AvgIpc) is 3.43. The van der Waals surface area contributed by atoms with Gasteiger partial charge in [0, 0.05) is 69.4 Å². The van der Waals surface area contributed by atoms with Crippen LogP contribution in [0.25, 0.3) is 10.9 Å². The second-order valence-electron chi connectivity index (χ2n) is 12.1. The average molecular weight is 672 g/mol. The summed E-state index contributed by atoms with van der Waals surface area (Å²) in [7, 11) is 5.06. The molecule has 12 heteroatoms. The van der Waals surface area contributed by atoms with Gasteiger partial charge in [-0.2, -0.15) is 13.2 Å². The number of hydrogen-bond acceptors (Lipinski definition) is 6. The first-order chi connectivity index (χ1) is 23.4. The molecule has 2 aromatic heterocycles. The van der Waals surface area contributed by atoms with E-state index in [1.807, 2.05) is 46.8 Å². The van der Waals surface area contributed by atoms with Crippen LogP contribution in [0.4, 0.5) is 18.9 Å². The van der Waals surface area contributed by atoms with Crippen LogP contribution in [0.3, 0.4) is 0 Å². The van der Waals surface area contributed by atoms with Crippen molar-refractivity contribution in [3.8, 4) is 17.4 Å². The Bertz CT molecular complexity index is 1980. The minimum atomic E-state index is -4.49. The molecule has 49 heavy (non-hydrogen) atoms. The van der Waals surface area contributed by atoms with Crippen molar-refractivity contribution in [2.75, 3.05) is 45.2 Å². The first-order valence-corrected chi connectivity index (χ1v) is 15.7. The van der Waals surface area contributed by atoms with E-state index < -0.39 is 17.6 Å². The van der Waals surface area contributed by atoms with Crippen LogP contribution in [0, 0.1) is 6.92 Å². The summed E-state index contributed by atoms with van der Waals surface area (Å²) in [6.45, 7) is 5.13. The van der Waals surface area contributed by atoms with E-state index in [1.54, 1.807) is 25.3 Å². The Labute approximate surface area is 282 Å². The number of aromatic nitrogens is 2. The highest BCUT2D eigenvalue weighted by Gasteiger charge is 2.31. The number of piperazine rings is 1. The molecule has 9 nitrogen and oxygen atoms in total. The number of benzene rings is 3. The van der Waals surface area contributed by atoms with Gasteiger partial charge >= 0.3 is 6.18 Å². The molecule has 0 spiro atoms. The van der Waals surface area contributed by atoms with Crippen LogP contribution in [0.1, 0.15) is 37.5 Å². The molecule has 0 atom stereocenters. The van der Waals surface area contributed by atoms with Crippen LogP contribution >= 0.6 is 0 Å². The number of fused-ring (bicyclic) bond motifs is 1. The van der Waals surface area contributed by atoms with Crippen molar-refractivity contribution in [3.63, 3.8) is 0 Å². The van der Waals surface area contributed by atoms with Crippen molar-refractivity contribution in [2.45, 2.75) is 19.6 Å². The van der Waals surface area contributed by atoms with Gasteiger partial charge in [0.25, 0.3) is 11.8 Å². The van der Waals surface area contributed by atoms with Crippen LogP contribution in [-0.2, 0) is 19.8 Å². The molecular weight excluding hydrogens is 635 g/mol. The van der Waals surface area contributed by atoms with Crippen molar-refractivity contribution >= 4 is 28.4 Å². The number of carbonyl (C=O) groups is 2. The number of amides is 2. The number of hydrogen-bond donors (Lipinski definition) is 0. The lowest BCUT2D eigenvalue weighted by molar-refractivity contribution is -0.137. The number of pyridine rings is 1. The van der Waals surface area contributed by atoms with E-state index in [0.717, 1.165) is 48.4 Å². The highest BCUT2D eigenvalue weighted by molar-refractivity contribution is 6.06. The SMILES string of the molecule is COc1ccc(CN2CCN(C(=O)c3cc4cc(Oc5ccc(N(C)C(=O)c6ccc(C(F)(F)F)cc6C)cn5)ccc4n3C)CC2)cc1. The van der Waals surface area contributed by atoms with Crippen LogP contribution in [0.2, 0.25) is 0 Å². The number of halogens is 3. The van der Waals surface area contributed by atoms with Crippen molar-refractivity contribution in [1.82, 2.24) is 19.4 Å². The van der Waals surface area contributed by atoms with Crippen molar-refractivity contribution in [3.05, 3.63) is 113 Å². The summed E-state index contributed by atoms with van der Waals surface area (Å²) in [5.74, 6) is 1.16. The summed E-state index contributed by atoms with van der Waals surface area (Å²) in [4.78, 5) is 36.5. The smallest absolute Gasteiger partial charge is 0.416 e. The molecule has 0 radical (unpaired) electrons. The Morgan fingerprint density at radius 3 is 2.24 bits per heavy atom. The van der Waals surface area contributed by atoms with Crippen LogP contribution < -0.4 is 14.4 Å². The van der Waals surface area contributed by atoms with E-state index >= 15 is 0 Å². The first kappa shape index (κ1) is 33.5. The van der Waals surface area contributed by atoms with Crippen molar-refractivity contribution < 1.29 is 32.2 Å². The number of carbonyl (C=O) groups excluding carboxylic acids is 2. The Balaban J connectivity index is 1.08. The van der Waals surface area contributed by atoms with Gasteiger partial charge in [-0.05, 0) is 78.7 Å². The summed E-state index contributed by atoms with van der Waals surface area (Å²) in [6, 6.07) is 21.7. The van der Waals surface area contributed by atoms with Gasteiger partial charge in [0.05, 0.1) is 24.6 Å². The number of alkyl halides is 3. The van der Waals surface area contributed by atoms with Gasteiger partial charge in [0.2, 0.25) is 5.88 Å². The quantitative estimate of drug-likeness (QED) is 0.178. The Kier molecular flexibility index (Phi) is 9.33. The molecule has 1 saturated heterocycles. The third-order valence-electron chi connectivity index (χ3n) is 8.88. The summed E-state index contributed by atoms with van der Waals surface area (Å²) in [6.07, 6.45) is -3.03. The maximum absolute atomic E-state index is 13.6. The van der Waals surface area contributed by atoms with Gasteiger partial charge in [-0.25, -0.2) is 4.98 Å². The molecule has 3 heterocycles. The van der Waals surface area contributed by atoms with Crippen molar-refractivity contribution in [2.24, 2.45) is 7.05 Å². The second kappa shape index (κ2) is 13.6. The monoisotopic (exact) mass is 671 g/mol. The minimum Gasteiger partial charge on any atom is -0.497 e. The minimum absolute atomic E-state index is 0.0207. The molecule has 1 aliphatic heterocycles. The Morgan fingerprint density at radius 2 is 1.61 bits per heavy atom. The largest absolute Gasteiger partial charge is 0.497 e. The summed E-state index contributed by atoms with van der Waals surface area (Å²) < 4.78 is 52.3. The van der Waals surface area contributed by atoms with Crippen molar-refractivity contribution in [1.29, 1.82) is 0 Å². The van der Waals surface area contributed by atoms with Crippen LogP contribution in [0.5, 0.6) is 17.4 Å². The van der Waals surface area contributed by atoms with Crippen LogP contribution in [0.15, 0.2) is 85.1 Å². The maximum atomic E-state index is 13.6. The van der Waals surface area contributed by atoms with E-state index in [2.05, 4.69) is 22.0 Å². The molecule has 6 rings (SSSR count). The number of anilines is 1. The molecule has 2 amide bonds. The molecule has 1 aliphatic rings. The molecule has 5 aromatic rings. The third-order valence-corrected chi connectivity index (χ3v) is 8.88. The number of ether oxygens (including phenoxy) is 2. The van der Waals surface area contributed by atoms with E-state index in [-0.39, 0.29) is 22.9 Å². The van der Waals surface area contributed by atoms with E-state index in [4.69, 9.17) is 9.47 Å². The highest BCUT2D eigenvalue weighted by Crippen LogP contribution is 2.32. The fourth-order valence-corrected chi connectivity index (χ4v) is 5.99. The number of aryl methyl sites for hydroxylation is 2. The van der Waals surface area contributed by atoms with E-state index in [1.165, 1.54) is 36.7 Å². The molecule has 0 aliphatic carbocycles. The summed E-state index contributed by atoms with van der Waals surface area (Å²) >= 11 is 0. The molecule has 0 unspecified atom stereocenters. The fourth-order valence-electron chi connectivity index (χ4n) is 5.99. The number of nitrogens with zero attached hydrogens (tertiary/aromatic N) is 5. The highest BCUT2D eigenvalue weighted by atomic mass is 19.4. The number of rotatable bonds is 8. The normalized spacial score (nSPS) is 13.8. The van der Waals surface area contributed by atoms with E-state index in [9.17, 15) is 22.8 Å². The molecule has 254 valence electrons. The van der Waals surface area contributed by atoms with Gasteiger partial charge in [0.15, 0.2) is 0 Å². The molecule has 3 aromatic carbocycles. The second-order valence-corrected chi connectivity index (χ2v) is 12.1. The van der Waals surface area contributed by atoms with E-state index in [0.29, 0.717) is 30.2 Å². The summed E-state index contributed by atoms with van der Waals surface area (Å²) in [5.41, 5.74) is 2.71.